The Morgan fingerprint density at radius 1 is 1.06 bits per heavy atom. The summed E-state index contributed by atoms with van der Waals surface area (Å²) < 4.78 is 5.54. The Balaban J connectivity index is 1.58. The number of carbonyl (C=O) groups is 2. The molecule has 4 rings (SSSR count). The van der Waals surface area contributed by atoms with Crippen molar-refractivity contribution in [2.24, 2.45) is 0 Å². The number of nitrogens with one attached hydrogen (secondary N) is 1. The van der Waals surface area contributed by atoms with Crippen LogP contribution in [0, 0.1) is 6.92 Å². The summed E-state index contributed by atoms with van der Waals surface area (Å²) in [5, 5.41) is 4.03. The molecular formula is C27H31N3O3S. The van der Waals surface area contributed by atoms with Gasteiger partial charge in [0, 0.05) is 30.9 Å². The molecule has 0 unspecified atom stereocenters. The zero-order chi connectivity index (χ0) is 23.9. The van der Waals surface area contributed by atoms with E-state index in [4.69, 9.17) is 4.74 Å². The number of para-hydroxylation sites is 1. The maximum atomic E-state index is 13.6. The van der Waals surface area contributed by atoms with Crippen LogP contribution in [0.15, 0.2) is 60.7 Å². The molecule has 1 N–H and O–H groups in total. The number of morpholine rings is 1. The van der Waals surface area contributed by atoms with Gasteiger partial charge in [0.05, 0.1) is 23.1 Å². The smallest absolute Gasteiger partial charge is 0.264 e. The predicted octanol–water partition coefficient (Wildman–Crippen LogP) is 5.05. The molecule has 178 valence electrons. The van der Waals surface area contributed by atoms with Crippen LogP contribution in [0.2, 0.25) is 0 Å². The largest absolute Gasteiger partial charge is 0.378 e. The van der Waals surface area contributed by atoms with Gasteiger partial charge >= 0.3 is 0 Å². The van der Waals surface area contributed by atoms with E-state index < -0.39 is 0 Å². The number of amides is 2. The van der Waals surface area contributed by atoms with Crippen molar-refractivity contribution in [1.82, 2.24) is 4.90 Å². The maximum absolute atomic E-state index is 13.6. The average Bonchev–Trinajstić information content (AvgIpc) is 3.31. The molecule has 3 aromatic rings. The highest BCUT2D eigenvalue weighted by molar-refractivity contribution is 7.18. The number of rotatable bonds is 8. The van der Waals surface area contributed by atoms with Gasteiger partial charge in [-0.3, -0.25) is 9.59 Å². The fourth-order valence-corrected chi connectivity index (χ4v) is 5.27. The normalized spacial score (nSPS) is 13.5. The highest BCUT2D eigenvalue weighted by Crippen LogP contribution is 2.39. The van der Waals surface area contributed by atoms with Crippen molar-refractivity contribution in [3.05, 3.63) is 71.1 Å². The summed E-state index contributed by atoms with van der Waals surface area (Å²) in [6.45, 7) is 7.46. The van der Waals surface area contributed by atoms with Crippen molar-refractivity contribution >= 4 is 33.8 Å². The summed E-state index contributed by atoms with van der Waals surface area (Å²) in [6.07, 6.45) is 0.774. The molecule has 0 bridgehead atoms. The number of aryl methyl sites for hydroxylation is 1. The van der Waals surface area contributed by atoms with Gasteiger partial charge in [0.15, 0.2) is 0 Å². The fourth-order valence-electron chi connectivity index (χ4n) is 4.07. The van der Waals surface area contributed by atoms with Gasteiger partial charge in [-0.2, -0.15) is 0 Å². The van der Waals surface area contributed by atoms with Crippen LogP contribution in [0.3, 0.4) is 0 Å². The molecule has 6 nitrogen and oxygen atoms in total. The van der Waals surface area contributed by atoms with Gasteiger partial charge in [0.25, 0.3) is 5.91 Å². The Labute approximate surface area is 205 Å². The molecule has 0 saturated carbocycles. The van der Waals surface area contributed by atoms with Crippen LogP contribution in [-0.4, -0.2) is 56.1 Å². The van der Waals surface area contributed by atoms with Crippen molar-refractivity contribution < 1.29 is 14.3 Å². The third kappa shape index (κ3) is 5.66. The highest BCUT2D eigenvalue weighted by Gasteiger charge is 2.25. The minimum absolute atomic E-state index is 0.0203. The molecule has 0 radical (unpaired) electrons. The Morgan fingerprint density at radius 3 is 2.47 bits per heavy atom. The minimum atomic E-state index is -0.190. The van der Waals surface area contributed by atoms with E-state index in [2.05, 4.69) is 22.3 Å². The Hall–Kier alpha value is -3.16. The lowest BCUT2D eigenvalue weighted by atomic mass is 10.1. The number of ether oxygens (including phenoxy) is 1. The van der Waals surface area contributed by atoms with Crippen molar-refractivity contribution in [3.63, 3.8) is 0 Å². The van der Waals surface area contributed by atoms with E-state index in [0.29, 0.717) is 24.6 Å². The van der Waals surface area contributed by atoms with E-state index in [1.54, 1.807) is 4.90 Å². The summed E-state index contributed by atoms with van der Waals surface area (Å²) in [6, 6.07) is 19.8. The lowest BCUT2D eigenvalue weighted by molar-refractivity contribution is -0.116. The lowest BCUT2D eigenvalue weighted by Gasteiger charge is -2.28. The van der Waals surface area contributed by atoms with Crippen LogP contribution in [0.5, 0.6) is 0 Å². The van der Waals surface area contributed by atoms with Crippen LogP contribution in [-0.2, 0) is 9.53 Å². The van der Waals surface area contributed by atoms with E-state index in [-0.39, 0.29) is 18.4 Å². The molecule has 0 atom stereocenters. The fraction of sp³-hybridized carbons (Fsp3) is 0.333. The number of carbonyl (C=O) groups excluding carboxylic acids is 2. The van der Waals surface area contributed by atoms with Gasteiger partial charge in [-0.05, 0) is 36.6 Å². The zero-order valence-electron chi connectivity index (χ0n) is 19.8. The Kier molecular flexibility index (Phi) is 7.98. The van der Waals surface area contributed by atoms with Crippen molar-refractivity contribution in [2.75, 3.05) is 49.6 Å². The van der Waals surface area contributed by atoms with Crippen molar-refractivity contribution in [2.45, 2.75) is 20.3 Å². The Bertz CT molecular complexity index is 1120. The van der Waals surface area contributed by atoms with Crippen LogP contribution >= 0.6 is 11.3 Å². The molecule has 7 heteroatoms. The number of hydrogen-bond acceptors (Lipinski definition) is 5. The first-order valence-corrected chi connectivity index (χ1v) is 12.5. The maximum Gasteiger partial charge on any atom is 0.264 e. The molecule has 1 fully saturated rings. The highest BCUT2D eigenvalue weighted by atomic mass is 32.1. The monoisotopic (exact) mass is 477 g/mol. The second kappa shape index (κ2) is 11.3. The molecule has 0 aliphatic carbocycles. The van der Waals surface area contributed by atoms with Gasteiger partial charge < -0.3 is 19.9 Å². The van der Waals surface area contributed by atoms with E-state index in [9.17, 15) is 9.59 Å². The lowest BCUT2D eigenvalue weighted by Crippen LogP contribution is -2.38. The first kappa shape index (κ1) is 24.0. The molecule has 1 saturated heterocycles. The third-order valence-corrected chi connectivity index (χ3v) is 7.02. The summed E-state index contributed by atoms with van der Waals surface area (Å²) >= 11 is 1.50. The third-order valence-electron chi connectivity index (χ3n) is 5.84. The average molecular weight is 478 g/mol. The molecule has 1 aliphatic heterocycles. The van der Waals surface area contributed by atoms with E-state index in [1.807, 2.05) is 62.4 Å². The molecule has 1 aromatic heterocycles. The molecule has 34 heavy (non-hydrogen) atoms. The van der Waals surface area contributed by atoms with Crippen LogP contribution in [0.4, 0.5) is 10.7 Å². The molecule has 2 aromatic carbocycles. The topological polar surface area (TPSA) is 61.9 Å². The SMILES string of the molecule is CCCN(CC(=O)Nc1ccccc1C)C(=O)c1cc(-c2ccccc2)c(N2CCOCC2)s1. The predicted molar refractivity (Wildman–Crippen MR) is 139 cm³/mol. The molecular weight excluding hydrogens is 446 g/mol. The summed E-state index contributed by atoms with van der Waals surface area (Å²) in [5.41, 5.74) is 3.90. The molecule has 0 spiro atoms. The number of benzene rings is 2. The number of hydrogen-bond donors (Lipinski definition) is 1. The first-order valence-electron chi connectivity index (χ1n) is 11.7. The second-order valence-corrected chi connectivity index (χ2v) is 9.42. The minimum Gasteiger partial charge on any atom is -0.378 e. The van der Waals surface area contributed by atoms with Crippen LogP contribution in [0.1, 0.15) is 28.6 Å². The second-order valence-electron chi connectivity index (χ2n) is 8.38. The summed E-state index contributed by atoms with van der Waals surface area (Å²) in [4.78, 5) is 31.0. The van der Waals surface area contributed by atoms with Crippen LogP contribution < -0.4 is 10.2 Å². The number of thiophene rings is 1. The Morgan fingerprint density at radius 2 is 1.76 bits per heavy atom. The zero-order valence-corrected chi connectivity index (χ0v) is 20.6. The van der Waals surface area contributed by atoms with E-state index >= 15 is 0 Å². The van der Waals surface area contributed by atoms with Crippen LogP contribution in [0.25, 0.3) is 11.1 Å². The number of anilines is 2. The van der Waals surface area contributed by atoms with Crippen molar-refractivity contribution in [1.29, 1.82) is 0 Å². The van der Waals surface area contributed by atoms with Gasteiger partial charge in [-0.25, -0.2) is 0 Å². The van der Waals surface area contributed by atoms with Gasteiger partial charge in [0.1, 0.15) is 6.54 Å². The molecule has 2 amide bonds. The molecule has 2 heterocycles. The summed E-state index contributed by atoms with van der Waals surface area (Å²) in [5.74, 6) is -0.298. The van der Waals surface area contributed by atoms with E-state index in [1.165, 1.54) is 11.3 Å². The number of nitrogens with zero attached hydrogens (tertiary/aromatic N) is 2. The standard InChI is InChI=1S/C27H31N3O3S/c1-3-13-30(19-25(31)28-23-12-8-7-9-20(23)2)26(32)24-18-22(21-10-5-4-6-11-21)27(34-24)29-14-16-33-17-15-29/h4-12,18H,3,13-17,19H2,1-2H3,(H,28,31). The van der Waals surface area contributed by atoms with Gasteiger partial charge in [0.2, 0.25) is 5.91 Å². The van der Waals surface area contributed by atoms with E-state index in [0.717, 1.165) is 46.9 Å². The van der Waals surface area contributed by atoms with Gasteiger partial charge in [-0.1, -0.05) is 55.5 Å². The first-order chi connectivity index (χ1) is 16.6. The summed E-state index contributed by atoms with van der Waals surface area (Å²) in [7, 11) is 0. The van der Waals surface area contributed by atoms with Crippen molar-refractivity contribution in [3.8, 4) is 11.1 Å². The molecule has 1 aliphatic rings. The quantitative estimate of drug-likeness (QED) is 0.493. The van der Waals surface area contributed by atoms with Gasteiger partial charge in [-0.15, -0.1) is 11.3 Å².